The molecule has 31 nitrogen and oxygen atoms in total. The van der Waals surface area contributed by atoms with Gasteiger partial charge in [0, 0.05) is 0 Å². The molecule has 0 amide bonds. The van der Waals surface area contributed by atoms with E-state index < -0.39 is 236 Å². The molecule has 0 aromatic rings. The van der Waals surface area contributed by atoms with Crippen molar-refractivity contribution >= 4 is 0 Å². The predicted molar refractivity (Wildman–Crippen MR) is 216 cm³/mol. The van der Waals surface area contributed by atoms with Crippen molar-refractivity contribution < 1.29 is 153 Å². The second kappa shape index (κ2) is 24.0. The SMILES string of the molecule is CC(C)(O)CO[C@@H]1[C@@H](O)[C@H]2O[C@H]3[C@H](O)[C@@H](O)[C@@H](O[C@H]4[C@H](O)[C@@H](O)[C@@H](O[C@H]5[C@H](O)[C@@H](O)[C@@H](O[C@H]6[C@H](O)[C@@H](O)[C@@H](O[C@H]7[C@H](O)[C@@H](O)[C@@H](O[C@H]1[C@@H](CO)O2)O[C@@H]7CO)O[C@@H]6CO)O[C@@H]5CO)O[C@@H]4CO)O[C@@H]3CO. The van der Waals surface area contributed by atoms with Crippen LogP contribution in [-0.2, 0) is 61.6 Å². The second-order valence-electron chi connectivity index (χ2n) is 18.9. The molecule has 30 atom stereocenters. The minimum atomic E-state index is -2.16. The number of ether oxygens (including phenoxy) is 13. The van der Waals surface area contributed by atoms with Crippen molar-refractivity contribution in [1.82, 2.24) is 0 Å². The summed E-state index contributed by atoms with van der Waals surface area (Å²) < 4.78 is 75.0. The molecular weight excluding hydrogens is 976 g/mol. The summed E-state index contributed by atoms with van der Waals surface area (Å²) in [7, 11) is 0. The summed E-state index contributed by atoms with van der Waals surface area (Å²) in [6, 6.07) is 0. The average Bonchev–Trinajstić information content (AvgIpc) is 3.34. The number of hydrogen-bond donors (Lipinski definition) is 18. The molecule has 0 aromatic carbocycles. The van der Waals surface area contributed by atoms with Crippen molar-refractivity contribution in [2.45, 2.75) is 204 Å². The van der Waals surface area contributed by atoms with Crippen LogP contribution >= 0.6 is 0 Å². The van der Waals surface area contributed by atoms with Gasteiger partial charge in [0.2, 0.25) is 0 Å². The van der Waals surface area contributed by atoms with Crippen molar-refractivity contribution in [1.29, 1.82) is 0 Å². The zero-order valence-electron chi connectivity index (χ0n) is 38.1. The van der Waals surface area contributed by atoms with Crippen molar-refractivity contribution in [3.63, 3.8) is 0 Å². The number of hydrogen-bond acceptors (Lipinski definition) is 31. The Morgan fingerprint density at radius 3 is 0.704 bits per heavy atom. The topological polar surface area (TPSA) is 484 Å². The Balaban J connectivity index is 1.22. The van der Waals surface area contributed by atoms with E-state index in [1.54, 1.807) is 0 Å². The fourth-order valence-corrected chi connectivity index (χ4v) is 9.40. The van der Waals surface area contributed by atoms with Crippen molar-refractivity contribution in [2.75, 3.05) is 46.2 Å². The minimum absolute atomic E-state index is 0.555. The Labute approximate surface area is 403 Å². The average molecular weight is 1040 g/mol. The van der Waals surface area contributed by atoms with Crippen LogP contribution in [0.2, 0.25) is 0 Å². The fraction of sp³-hybridized carbons (Fsp3) is 1.00. The maximum atomic E-state index is 11.8. The fourth-order valence-electron chi connectivity index (χ4n) is 9.40. The molecule has 0 aliphatic carbocycles. The highest BCUT2D eigenvalue weighted by molar-refractivity contribution is 5.01. The van der Waals surface area contributed by atoms with Crippen LogP contribution in [0.3, 0.4) is 0 Å². The number of aliphatic hydroxyl groups is 18. The Morgan fingerprint density at radius 1 is 0.296 bits per heavy atom. The van der Waals surface area contributed by atoms with Gasteiger partial charge >= 0.3 is 0 Å². The van der Waals surface area contributed by atoms with Gasteiger partial charge in [-0.3, -0.25) is 0 Å². The lowest BCUT2D eigenvalue weighted by atomic mass is 9.94. The summed E-state index contributed by atoms with van der Waals surface area (Å²) in [5.41, 5.74) is -1.60. The van der Waals surface area contributed by atoms with Crippen LogP contribution in [0.1, 0.15) is 13.8 Å². The van der Waals surface area contributed by atoms with E-state index in [0.717, 1.165) is 0 Å². The number of aliphatic hydroxyl groups excluding tert-OH is 17. The first kappa shape index (κ1) is 57.5. The van der Waals surface area contributed by atoms with Gasteiger partial charge in [-0.1, -0.05) is 0 Å². The van der Waals surface area contributed by atoms with E-state index in [-0.39, 0.29) is 0 Å². The maximum absolute atomic E-state index is 11.8. The molecule has 22 saturated heterocycles. The molecule has 22 rings (SSSR count). The van der Waals surface area contributed by atoms with Gasteiger partial charge in [0.15, 0.2) is 37.7 Å². The van der Waals surface area contributed by atoms with Crippen LogP contribution in [0, 0.1) is 0 Å². The van der Waals surface area contributed by atoms with Gasteiger partial charge in [0.25, 0.3) is 0 Å². The van der Waals surface area contributed by atoms with Crippen LogP contribution in [0.4, 0.5) is 0 Å². The highest BCUT2D eigenvalue weighted by Crippen LogP contribution is 2.38. The first-order chi connectivity index (χ1) is 33.6. The number of rotatable bonds is 9. The first-order valence-electron chi connectivity index (χ1n) is 22.9. The van der Waals surface area contributed by atoms with Crippen molar-refractivity contribution in [2.24, 2.45) is 0 Å². The summed E-state index contributed by atoms with van der Waals surface area (Å²) in [6.07, 6.45) is -58.1. The monoisotopic (exact) mass is 1040 g/mol. The van der Waals surface area contributed by atoms with E-state index in [2.05, 4.69) is 0 Å². The van der Waals surface area contributed by atoms with Crippen molar-refractivity contribution in [3.05, 3.63) is 0 Å². The third-order valence-corrected chi connectivity index (χ3v) is 13.3. The smallest absolute Gasteiger partial charge is 0.187 e. The summed E-state index contributed by atoms with van der Waals surface area (Å²) in [5.74, 6) is 0. The van der Waals surface area contributed by atoms with Gasteiger partial charge in [-0.2, -0.15) is 0 Å². The minimum Gasteiger partial charge on any atom is -0.394 e. The molecule has 31 heteroatoms. The Morgan fingerprint density at radius 2 is 0.493 bits per heavy atom. The molecule has 71 heavy (non-hydrogen) atoms. The summed E-state index contributed by atoms with van der Waals surface area (Å²) in [6.45, 7) is -3.89. The molecule has 0 aromatic heterocycles. The highest BCUT2D eigenvalue weighted by Gasteiger charge is 2.59. The lowest BCUT2D eigenvalue weighted by Gasteiger charge is -2.51. The Hall–Kier alpha value is -1.24. The molecule has 0 saturated carbocycles. The van der Waals surface area contributed by atoms with Gasteiger partial charge < -0.3 is 153 Å². The lowest BCUT2D eigenvalue weighted by molar-refractivity contribution is -0.405. The van der Waals surface area contributed by atoms with Gasteiger partial charge in [-0.25, -0.2) is 0 Å². The normalized spacial score (nSPS) is 52.6. The van der Waals surface area contributed by atoms with Crippen molar-refractivity contribution in [3.8, 4) is 0 Å². The quantitative estimate of drug-likeness (QED) is 0.102. The zero-order valence-corrected chi connectivity index (χ0v) is 38.1. The first-order valence-corrected chi connectivity index (χ1v) is 22.9. The van der Waals surface area contributed by atoms with E-state index in [0.29, 0.717) is 0 Å². The summed E-state index contributed by atoms with van der Waals surface area (Å²) >= 11 is 0. The highest BCUT2D eigenvalue weighted by atomic mass is 16.8. The molecule has 0 unspecified atom stereocenters. The van der Waals surface area contributed by atoms with Gasteiger partial charge in [0.1, 0.15) is 146 Å². The maximum Gasteiger partial charge on any atom is 0.187 e. The third-order valence-electron chi connectivity index (χ3n) is 13.3. The van der Waals surface area contributed by atoms with E-state index in [9.17, 15) is 91.9 Å². The van der Waals surface area contributed by atoms with Crippen LogP contribution in [0.25, 0.3) is 0 Å². The van der Waals surface area contributed by atoms with Crippen LogP contribution in [0.5, 0.6) is 0 Å². The third kappa shape index (κ3) is 11.9. The zero-order chi connectivity index (χ0) is 52.0. The van der Waals surface area contributed by atoms with Crippen LogP contribution in [0.15, 0.2) is 0 Å². The Bertz CT molecular complexity index is 1640. The largest absolute Gasteiger partial charge is 0.394 e. The van der Waals surface area contributed by atoms with E-state index in [4.69, 9.17) is 61.6 Å². The molecule has 22 aliphatic rings. The molecule has 0 radical (unpaired) electrons. The molecule has 22 fully saturated rings. The summed E-state index contributed by atoms with van der Waals surface area (Å²) in [5, 5.41) is 198. The van der Waals surface area contributed by atoms with Gasteiger partial charge in [-0.15, -0.1) is 0 Å². The second-order valence-corrected chi connectivity index (χ2v) is 18.9. The van der Waals surface area contributed by atoms with Gasteiger partial charge in [-0.05, 0) is 13.8 Å². The molecular formula is C40H68O31. The summed E-state index contributed by atoms with van der Waals surface area (Å²) in [4.78, 5) is 0. The van der Waals surface area contributed by atoms with Crippen LogP contribution < -0.4 is 0 Å². The lowest BCUT2D eigenvalue weighted by Crippen LogP contribution is -2.69. The van der Waals surface area contributed by atoms with E-state index >= 15 is 0 Å². The van der Waals surface area contributed by atoms with Crippen LogP contribution in [-0.4, -0.2) is 328 Å². The van der Waals surface area contributed by atoms with E-state index in [1.165, 1.54) is 13.8 Å². The molecule has 22 heterocycles. The van der Waals surface area contributed by atoms with Gasteiger partial charge in [0.05, 0.1) is 51.8 Å². The molecule has 414 valence electrons. The standard InChI is InChI=1S/C40H68O31/c1-40(2,58)9-59-33-26(57)39-65-15(8-46)32(33)71-38-25(56)20(51)30(13(6-44)64-38)69-36-23(54)18(49)28(11(4-42)62-36)67-34-21(52)16(47)27(10(3-41)60-34)66-35-22(53)17(48)29(12(5-43)61-35)68-37-24(55)19(50)31(70-39)14(7-45)63-37/h10-39,41-58H,3-9H2,1-2H3/t10-,11-,12-,13-,14-,15-,16-,17-,18-,19-,20-,21-,22-,23-,24-,25-,26-,27-,28-,29-,30-,31-,32+,33-,34-,35-,36-,37-,38-,39-/m1/s1. The Kier molecular flexibility index (Phi) is 19.4. The molecule has 12 bridgehead atoms. The molecule has 0 spiro atoms. The molecule has 18 N–H and O–H groups in total. The molecule has 22 aliphatic heterocycles. The van der Waals surface area contributed by atoms with E-state index in [1.807, 2.05) is 0 Å². The predicted octanol–water partition coefficient (Wildman–Crippen LogP) is -12.3.